The van der Waals surface area contributed by atoms with Gasteiger partial charge < -0.3 is 10.1 Å². The molecule has 0 spiro atoms. The first kappa shape index (κ1) is 23.1. The summed E-state index contributed by atoms with van der Waals surface area (Å²) in [5.41, 5.74) is 2.59. The van der Waals surface area contributed by atoms with Crippen molar-refractivity contribution in [1.82, 2.24) is 5.32 Å². The molecule has 0 fully saturated rings. The van der Waals surface area contributed by atoms with Crippen molar-refractivity contribution in [2.75, 3.05) is 11.8 Å². The molecule has 3 rings (SSSR count). The Bertz CT molecular complexity index is 1160. The van der Waals surface area contributed by atoms with Crippen molar-refractivity contribution in [3.05, 3.63) is 101 Å². The molecule has 7 heteroatoms. The molecule has 0 aliphatic rings. The predicted molar refractivity (Wildman–Crippen MR) is 128 cm³/mol. The minimum Gasteiger partial charge on any atom is -0.497 e. The molecule has 0 aliphatic carbocycles. The number of ether oxygens (including phenoxy) is 1. The summed E-state index contributed by atoms with van der Waals surface area (Å²) < 4.78 is 32.2. The van der Waals surface area contributed by atoms with Gasteiger partial charge in [-0.05, 0) is 60.0 Å². The number of hydrogen-bond acceptors (Lipinski definition) is 4. The van der Waals surface area contributed by atoms with Gasteiger partial charge in [-0.3, -0.25) is 9.52 Å². The number of hydrogen-bond donors (Lipinski definition) is 2. The lowest BCUT2D eigenvalue weighted by molar-refractivity contribution is 0.0935. The maximum Gasteiger partial charge on any atom is 0.255 e. The number of carbonyl (C=O) groups excluding carboxylic acids is 1. The number of benzene rings is 3. The summed E-state index contributed by atoms with van der Waals surface area (Å²) in [7, 11) is -2.06. The molecule has 3 aromatic carbocycles. The zero-order chi connectivity index (χ0) is 23.0. The lowest BCUT2D eigenvalue weighted by Gasteiger charge is -2.18. The van der Waals surface area contributed by atoms with Crippen LogP contribution in [0, 0.1) is 0 Å². The average Bonchev–Trinajstić information content (AvgIpc) is 2.82. The van der Waals surface area contributed by atoms with Crippen LogP contribution in [0.4, 0.5) is 5.69 Å². The Kier molecular flexibility index (Phi) is 7.68. The van der Waals surface area contributed by atoms with Crippen molar-refractivity contribution in [3.63, 3.8) is 0 Å². The van der Waals surface area contributed by atoms with Gasteiger partial charge in [-0.2, -0.15) is 0 Å². The van der Waals surface area contributed by atoms with Crippen molar-refractivity contribution in [2.45, 2.75) is 19.4 Å². The summed E-state index contributed by atoms with van der Waals surface area (Å²) in [5, 5.41) is 4.13. The highest BCUT2D eigenvalue weighted by molar-refractivity contribution is 7.95. The van der Waals surface area contributed by atoms with Crippen LogP contribution in [-0.2, 0) is 10.0 Å². The van der Waals surface area contributed by atoms with Crippen molar-refractivity contribution in [2.24, 2.45) is 0 Å². The molecular formula is C25H26N2O4S. The quantitative estimate of drug-likeness (QED) is 0.481. The number of methoxy groups -OCH3 is 1. The second kappa shape index (κ2) is 10.6. The second-order valence-electron chi connectivity index (χ2n) is 7.15. The van der Waals surface area contributed by atoms with E-state index in [-0.39, 0.29) is 11.9 Å². The van der Waals surface area contributed by atoms with E-state index in [1.54, 1.807) is 31.4 Å². The lowest BCUT2D eigenvalue weighted by atomic mass is 10.0. The summed E-state index contributed by atoms with van der Waals surface area (Å²) in [6, 6.07) is 22.9. The molecule has 0 radical (unpaired) electrons. The molecule has 0 saturated carbocycles. The van der Waals surface area contributed by atoms with E-state index < -0.39 is 10.0 Å². The summed E-state index contributed by atoms with van der Waals surface area (Å²) >= 11 is 0. The molecule has 0 aromatic heterocycles. The van der Waals surface area contributed by atoms with E-state index in [9.17, 15) is 13.2 Å². The van der Waals surface area contributed by atoms with E-state index in [2.05, 4.69) is 10.0 Å². The smallest absolute Gasteiger partial charge is 0.255 e. The van der Waals surface area contributed by atoms with Crippen molar-refractivity contribution >= 4 is 27.7 Å². The molecule has 1 amide bonds. The summed E-state index contributed by atoms with van der Waals surface area (Å²) in [5.74, 6) is 0.526. The minimum atomic E-state index is -3.67. The molecule has 6 nitrogen and oxygen atoms in total. The Hall–Kier alpha value is -3.58. The Morgan fingerprint density at radius 2 is 1.62 bits per heavy atom. The third-order valence-corrected chi connectivity index (χ3v) is 5.89. The fourth-order valence-corrected chi connectivity index (χ4v) is 3.99. The highest BCUT2D eigenvalue weighted by atomic mass is 32.2. The van der Waals surface area contributed by atoms with Gasteiger partial charge in [0.2, 0.25) is 0 Å². The first-order chi connectivity index (χ1) is 15.4. The number of carbonyl (C=O) groups is 1. The molecule has 32 heavy (non-hydrogen) atoms. The SMILES string of the molecule is CCC(NC(=O)c1ccc(NS(=O)(=O)/C=C/c2ccccc2)cc1)c1ccc(OC)cc1. The normalized spacial score (nSPS) is 12.3. The van der Waals surface area contributed by atoms with E-state index in [0.717, 1.165) is 28.7 Å². The van der Waals surface area contributed by atoms with E-state index in [4.69, 9.17) is 4.74 Å². The molecule has 0 saturated heterocycles. The van der Waals surface area contributed by atoms with Crippen molar-refractivity contribution in [1.29, 1.82) is 0 Å². The Morgan fingerprint density at radius 1 is 0.969 bits per heavy atom. The van der Waals surface area contributed by atoms with Crippen LogP contribution in [-0.4, -0.2) is 21.4 Å². The topological polar surface area (TPSA) is 84.5 Å². The second-order valence-corrected chi connectivity index (χ2v) is 8.71. The number of sulfonamides is 1. The molecule has 2 N–H and O–H groups in total. The van der Waals surface area contributed by atoms with Crippen LogP contribution in [0.5, 0.6) is 5.75 Å². The van der Waals surface area contributed by atoms with Gasteiger partial charge in [0.25, 0.3) is 15.9 Å². The van der Waals surface area contributed by atoms with Crippen LogP contribution in [0.2, 0.25) is 0 Å². The van der Waals surface area contributed by atoms with Crippen LogP contribution in [0.25, 0.3) is 6.08 Å². The average molecular weight is 451 g/mol. The van der Waals surface area contributed by atoms with Crippen LogP contribution in [0.15, 0.2) is 84.3 Å². The third-order valence-electron chi connectivity index (χ3n) is 4.88. The molecule has 0 heterocycles. The molecule has 0 bridgehead atoms. The zero-order valence-corrected chi connectivity index (χ0v) is 18.8. The summed E-state index contributed by atoms with van der Waals surface area (Å²) in [4.78, 5) is 12.7. The highest BCUT2D eigenvalue weighted by Gasteiger charge is 2.15. The maximum atomic E-state index is 12.7. The van der Waals surface area contributed by atoms with E-state index >= 15 is 0 Å². The molecule has 166 valence electrons. The first-order valence-electron chi connectivity index (χ1n) is 10.2. The van der Waals surface area contributed by atoms with Crippen molar-refractivity contribution < 1.29 is 17.9 Å². The maximum absolute atomic E-state index is 12.7. The largest absolute Gasteiger partial charge is 0.497 e. The van der Waals surface area contributed by atoms with Gasteiger partial charge in [0, 0.05) is 11.3 Å². The fourth-order valence-electron chi connectivity index (χ4n) is 3.12. The van der Waals surface area contributed by atoms with Gasteiger partial charge in [0.05, 0.1) is 18.6 Å². The molecule has 0 aliphatic heterocycles. The minimum absolute atomic E-state index is 0.144. The zero-order valence-electron chi connectivity index (χ0n) is 18.0. The van der Waals surface area contributed by atoms with Gasteiger partial charge in [-0.1, -0.05) is 49.4 Å². The van der Waals surface area contributed by atoms with Gasteiger partial charge in [0.1, 0.15) is 5.75 Å². The van der Waals surface area contributed by atoms with Crippen LogP contribution in [0.3, 0.4) is 0 Å². The number of amides is 1. The number of nitrogens with one attached hydrogen (secondary N) is 2. The molecular weight excluding hydrogens is 424 g/mol. The summed E-state index contributed by atoms with van der Waals surface area (Å²) in [6.45, 7) is 2.00. The Labute approximate surface area is 189 Å². The van der Waals surface area contributed by atoms with E-state index in [1.807, 2.05) is 61.5 Å². The lowest BCUT2D eigenvalue weighted by Crippen LogP contribution is -2.28. The fraction of sp³-hybridized carbons (Fsp3) is 0.160. The van der Waals surface area contributed by atoms with Crippen LogP contribution >= 0.6 is 0 Å². The van der Waals surface area contributed by atoms with Crippen molar-refractivity contribution in [3.8, 4) is 5.75 Å². The summed E-state index contributed by atoms with van der Waals surface area (Å²) in [6.07, 6.45) is 2.25. The number of rotatable bonds is 9. The van der Waals surface area contributed by atoms with Crippen LogP contribution in [0.1, 0.15) is 40.9 Å². The monoisotopic (exact) mass is 450 g/mol. The Balaban J connectivity index is 1.63. The third kappa shape index (κ3) is 6.46. The molecule has 1 atom stereocenters. The molecule has 1 unspecified atom stereocenters. The standard InChI is InChI=1S/C25H26N2O4S/c1-3-24(20-11-15-23(31-2)16-12-20)26-25(28)21-9-13-22(14-10-21)27-32(29,30)18-17-19-7-5-4-6-8-19/h4-18,24,27H,3H2,1-2H3,(H,26,28)/b18-17+. The Morgan fingerprint density at radius 3 is 2.22 bits per heavy atom. The van der Waals surface area contributed by atoms with Gasteiger partial charge in [-0.25, -0.2) is 8.42 Å². The van der Waals surface area contributed by atoms with E-state index in [0.29, 0.717) is 11.3 Å². The predicted octanol–water partition coefficient (Wildman–Crippen LogP) is 4.99. The van der Waals surface area contributed by atoms with Gasteiger partial charge in [0.15, 0.2) is 0 Å². The number of anilines is 1. The first-order valence-corrected chi connectivity index (χ1v) is 11.8. The van der Waals surface area contributed by atoms with Gasteiger partial charge in [-0.15, -0.1) is 0 Å². The van der Waals surface area contributed by atoms with Crippen LogP contribution < -0.4 is 14.8 Å². The molecule has 3 aromatic rings. The van der Waals surface area contributed by atoms with Gasteiger partial charge >= 0.3 is 0 Å². The van der Waals surface area contributed by atoms with E-state index in [1.165, 1.54) is 6.08 Å². The highest BCUT2D eigenvalue weighted by Crippen LogP contribution is 2.21.